The minimum atomic E-state index is -0.497. The number of rotatable bonds is 2. The molecule has 0 aliphatic heterocycles. The van der Waals surface area contributed by atoms with Crippen LogP contribution in [0.2, 0.25) is 0 Å². The van der Waals surface area contributed by atoms with Crippen molar-refractivity contribution in [3.05, 3.63) is 59.3 Å². The van der Waals surface area contributed by atoms with E-state index in [1.807, 2.05) is 6.07 Å². The molecule has 19 heavy (non-hydrogen) atoms. The molecule has 0 fully saturated rings. The third kappa shape index (κ3) is 2.26. The van der Waals surface area contributed by atoms with Gasteiger partial charge < -0.3 is 9.73 Å². The zero-order valence-corrected chi connectivity index (χ0v) is 10.4. The summed E-state index contributed by atoms with van der Waals surface area (Å²) in [5.41, 5.74) is 1.09. The zero-order chi connectivity index (χ0) is 13.2. The van der Waals surface area contributed by atoms with Gasteiger partial charge in [0.15, 0.2) is 0 Å². The number of furan rings is 1. The molecule has 1 aliphatic rings. The van der Waals surface area contributed by atoms with Gasteiger partial charge in [-0.05, 0) is 31.0 Å². The molecule has 0 bridgehead atoms. The van der Waals surface area contributed by atoms with Crippen molar-refractivity contribution in [2.24, 2.45) is 0 Å². The van der Waals surface area contributed by atoms with Crippen molar-refractivity contribution in [1.29, 1.82) is 0 Å². The van der Waals surface area contributed by atoms with Gasteiger partial charge >= 0.3 is 0 Å². The summed E-state index contributed by atoms with van der Waals surface area (Å²) in [6.07, 6.45) is 4.35. The number of nitrogens with one attached hydrogen (secondary N) is 1. The first kappa shape index (κ1) is 12.0. The number of amides is 1. The van der Waals surface area contributed by atoms with Crippen LogP contribution >= 0.6 is 0 Å². The first-order valence-electron chi connectivity index (χ1n) is 6.37. The van der Waals surface area contributed by atoms with Crippen LogP contribution in [0.1, 0.15) is 40.6 Å². The van der Waals surface area contributed by atoms with E-state index in [0.717, 1.165) is 30.6 Å². The molecule has 1 atom stereocenters. The van der Waals surface area contributed by atoms with E-state index in [4.69, 9.17) is 4.42 Å². The number of halogens is 1. The molecule has 0 spiro atoms. The second-order valence-electron chi connectivity index (χ2n) is 4.70. The maximum Gasteiger partial charge on any atom is 0.254 e. The zero-order valence-electron chi connectivity index (χ0n) is 10.4. The summed E-state index contributed by atoms with van der Waals surface area (Å²) in [5.74, 6) is 0.0467. The fourth-order valence-corrected chi connectivity index (χ4v) is 2.52. The van der Waals surface area contributed by atoms with Gasteiger partial charge in [-0.15, -0.1) is 0 Å². The van der Waals surface area contributed by atoms with E-state index in [1.54, 1.807) is 18.4 Å². The van der Waals surface area contributed by atoms with Gasteiger partial charge in [0, 0.05) is 12.0 Å². The predicted molar refractivity (Wildman–Crippen MR) is 68.3 cm³/mol. The molecule has 1 aliphatic carbocycles. The molecule has 3 nitrogen and oxygen atoms in total. The molecule has 1 aromatic heterocycles. The number of carbonyl (C=O) groups excluding carboxylic acids is 1. The van der Waals surface area contributed by atoms with E-state index < -0.39 is 5.82 Å². The summed E-state index contributed by atoms with van der Waals surface area (Å²) in [5, 5.41) is 2.88. The van der Waals surface area contributed by atoms with E-state index in [0.29, 0.717) is 0 Å². The summed E-state index contributed by atoms with van der Waals surface area (Å²) < 4.78 is 18.9. The third-order valence-corrected chi connectivity index (χ3v) is 3.48. The number of aryl methyl sites for hydroxylation is 1. The molecule has 1 heterocycles. The topological polar surface area (TPSA) is 42.2 Å². The Morgan fingerprint density at radius 3 is 3.00 bits per heavy atom. The summed E-state index contributed by atoms with van der Waals surface area (Å²) in [4.78, 5) is 12.1. The highest BCUT2D eigenvalue weighted by molar-refractivity contribution is 5.94. The Morgan fingerprint density at radius 1 is 1.32 bits per heavy atom. The smallest absolute Gasteiger partial charge is 0.254 e. The molecular formula is C15H14FNO2. The fraction of sp³-hybridized carbons (Fsp3) is 0.267. The van der Waals surface area contributed by atoms with Gasteiger partial charge in [-0.1, -0.05) is 12.1 Å². The van der Waals surface area contributed by atoms with Crippen molar-refractivity contribution < 1.29 is 13.6 Å². The van der Waals surface area contributed by atoms with Gasteiger partial charge in [0.25, 0.3) is 5.91 Å². The molecule has 0 saturated carbocycles. The van der Waals surface area contributed by atoms with Crippen LogP contribution in [0.3, 0.4) is 0 Å². The van der Waals surface area contributed by atoms with Crippen molar-refractivity contribution in [3.63, 3.8) is 0 Å². The highest BCUT2D eigenvalue weighted by Crippen LogP contribution is 2.30. The minimum absolute atomic E-state index is 0.0816. The minimum Gasteiger partial charge on any atom is -0.469 e. The standard InChI is InChI=1S/C15H14FNO2/c16-12-5-2-1-4-10(12)15(18)17-13-6-3-7-14-11(13)8-9-19-14/h1-2,4-5,8-9,13H,3,6-7H2,(H,17,18)/t13-/m1/s1. The summed E-state index contributed by atoms with van der Waals surface area (Å²) >= 11 is 0. The molecule has 0 saturated heterocycles. The lowest BCUT2D eigenvalue weighted by atomic mass is 9.93. The molecule has 1 N–H and O–H groups in total. The van der Waals surface area contributed by atoms with Gasteiger partial charge in [-0.3, -0.25) is 4.79 Å². The molecule has 4 heteroatoms. The van der Waals surface area contributed by atoms with Gasteiger partial charge in [-0.2, -0.15) is 0 Å². The number of benzene rings is 1. The van der Waals surface area contributed by atoms with E-state index in [1.165, 1.54) is 12.1 Å². The summed E-state index contributed by atoms with van der Waals surface area (Å²) in [6, 6.07) is 7.79. The maximum atomic E-state index is 13.6. The molecule has 0 unspecified atom stereocenters. The third-order valence-electron chi connectivity index (χ3n) is 3.48. The number of fused-ring (bicyclic) bond motifs is 1. The number of carbonyl (C=O) groups is 1. The molecule has 1 aromatic carbocycles. The summed E-state index contributed by atoms with van der Waals surface area (Å²) in [6.45, 7) is 0. The van der Waals surface area contributed by atoms with E-state index in [2.05, 4.69) is 5.32 Å². The van der Waals surface area contributed by atoms with Crippen LogP contribution in [0.4, 0.5) is 4.39 Å². The largest absolute Gasteiger partial charge is 0.469 e. The van der Waals surface area contributed by atoms with E-state index in [-0.39, 0.29) is 17.5 Å². The monoisotopic (exact) mass is 259 g/mol. The maximum absolute atomic E-state index is 13.6. The Labute approximate surface area is 110 Å². The lowest BCUT2D eigenvalue weighted by molar-refractivity contribution is 0.0928. The molecule has 0 radical (unpaired) electrons. The molecule has 3 rings (SSSR count). The van der Waals surface area contributed by atoms with Crippen LogP contribution in [-0.4, -0.2) is 5.91 Å². The van der Waals surface area contributed by atoms with Crippen LogP contribution in [-0.2, 0) is 6.42 Å². The lowest BCUT2D eigenvalue weighted by Gasteiger charge is -2.22. The van der Waals surface area contributed by atoms with Crippen LogP contribution in [0.5, 0.6) is 0 Å². The normalized spacial score (nSPS) is 17.8. The van der Waals surface area contributed by atoms with Gasteiger partial charge in [-0.25, -0.2) is 4.39 Å². The SMILES string of the molecule is O=C(N[C@@H]1CCCc2occc21)c1ccccc1F. The van der Waals surface area contributed by atoms with Crippen molar-refractivity contribution in [2.45, 2.75) is 25.3 Å². The first-order chi connectivity index (χ1) is 9.25. The second kappa shape index (κ2) is 4.88. The van der Waals surface area contributed by atoms with Crippen molar-refractivity contribution in [1.82, 2.24) is 5.32 Å². The van der Waals surface area contributed by atoms with Crippen LogP contribution in [0, 0.1) is 5.82 Å². The van der Waals surface area contributed by atoms with Crippen LogP contribution < -0.4 is 5.32 Å². The average Bonchev–Trinajstić information content (AvgIpc) is 2.88. The predicted octanol–water partition coefficient (Wildman–Crippen LogP) is 3.23. The number of hydrogen-bond donors (Lipinski definition) is 1. The van der Waals surface area contributed by atoms with Gasteiger partial charge in [0.05, 0.1) is 17.9 Å². The molecule has 2 aromatic rings. The van der Waals surface area contributed by atoms with Crippen LogP contribution in [0.25, 0.3) is 0 Å². The number of hydrogen-bond acceptors (Lipinski definition) is 2. The van der Waals surface area contributed by atoms with Crippen LogP contribution in [0.15, 0.2) is 41.0 Å². The Bertz CT molecular complexity index is 606. The highest BCUT2D eigenvalue weighted by atomic mass is 19.1. The molecule has 1 amide bonds. The lowest BCUT2D eigenvalue weighted by Crippen LogP contribution is -2.31. The molecule has 98 valence electrons. The van der Waals surface area contributed by atoms with Crippen molar-refractivity contribution >= 4 is 5.91 Å². The van der Waals surface area contributed by atoms with Gasteiger partial charge in [0.1, 0.15) is 11.6 Å². The van der Waals surface area contributed by atoms with E-state index in [9.17, 15) is 9.18 Å². The molecular weight excluding hydrogens is 245 g/mol. The Kier molecular flexibility index (Phi) is 3.07. The van der Waals surface area contributed by atoms with Gasteiger partial charge in [0.2, 0.25) is 0 Å². The highest BCUT2D eigenvalue weighted by Gasteiger charge is 2.25. The average molecular weight is 259 g/mol. The Hall–Kier alpha value is -2.10. The van der Waals surface area contributed by atoms with Crippen molar-refractivity contribution in [3.8, 4) is 0 Å². The summed E-state index contributed by atoms with van der Waals surface area (Å²) in [7, 11) is 0. The Morgan fingerprint density at radius 2 is 2.16 bits per heavy atom. The first-order valence-corrected chi connectivity index (χ1v) is 6.37. The second-order valence-corrected chi connectivity index (χ2v) is 4.70. The Balaban J connectivity index is 1.80. The van der Waals surface area contributed by atoms with Crippen molar-refractivity contribution in [2.75, 3.05) is 0 Å². The fourth-order valence-electron chi connectivity index (χ4n) is 2.52. The van der Waals surface area contributed by atoms with E-state index >= 15 is 0 Å². The quantitative estimate of drug-likeness (QED) is 0.899.